The van der Waals surface area contributed by atoms with Crippen LogP contribution in [0.25, 0.3) is 0 Å². The van der Waals surface area contributed by atoms with Crippen molar-refractivity contribution in [3.8, 4) is 0 Å². The van der Waals surface area contributed by atoms with E-state index >= 15 is 0 Å². The van der Waals surface area contributed by atoms with Crippen LogP contribution in [0.3, 0.4) is 0 Å². The molecule has 0 spiro atoms. The summed E-state index contributed by atoms with van der Waals surface area (Å²) in [7, 11) is 1.85. The van der Waals surface area contributed by atoms with Crippen molar-refractivity contribution in [3.05, 3.63) is 35.4 Å². The van der Waals surface area contributed by atoms with Gasteiger partial charge in [-0.1, -0.05) is 24.3 Å². The van der Waals surface area contributed by atoms with E-state index in [1.807, 2.05) is 26.1 Å². The van der Waals surface area contributed by atoms with Crippen LogP contribution in [0, 0.1) is 0 Å². The van der Waals surface area contributed by atoms with E-state index in [-0.39, 0.29) is 11.9 Å². The molecule has 1 atom stereocenters. The lowest BCUT2D eigenvalue weighted by atomic mass is 10.1. The van der Waals surface area contributed by atoms with Crippen molar-refractivity contribution in [2.75, 3.05) is 20.2 Å². The van der Waals surface area contributed by atoms with E-state index in [1.54, 1.807) is 4.90 Å². The summed E-state index contributed by atoms with van der Waals surface area (Å²) in [6.07, 6.45) is 0.892. The quantitative estimate of drug-likeness (QED) is 0.845. The number of likely N-dealkylation sites (N-methyl/N-ethyl adjacent to an activating group) is 1. The Morgan fingerprint density at radius 1 is 1.37 bits per heavy atom. The van der Waals surface area contributed by atoms with Gasteiger partial charge in [0.25, 0.3) is 0 Å². The molecule has 2 rings (SSSR count). The lowest BCUT2D eigenvalue weighted by molar-refractivity contribution is -0.128. The van der Waals surface area contributed by atoms with Crippen molar-refractivity contribution in [1.82, 2.24) is 10.2 Å². The molecule has 1 saturated heterocycles. The van der Waals surface area contributed by atoms with Crippen LogP contribution in [0.5, 0.6) is 0 Å². The van der Waals surface area contributed by atoms with Gasteiger partial charge in [-0.05, 0) is 24.5 Å². The van der Waals surface area contributed by atoms with Gasteiger partial charge in [0.15, 0.2) is 0 Å². The van der Waals surface area contributed by atoms with E-state index < -0.39 is 0 Å². The van der Waals surface area contributed by atoms with Gasteiger partial charge in [0.2, 0.25) is 5.91 Å². The Kier molecular flexibility index (Phi) is 4.93. The van der Waals surface area contributed by atoms with Gasteiger partial charge < -0.3 is 15.0 Å². The molecule has 4 nitrogen and oxygen atoms in total. The number of hydrogen-bond acceptors (Lipinski definition) is 3. The molecule has 104 valence electrons. The van der Waals surface area contributed by atoms with E-state index in [2.05, 4.69) is 17.4 Å². The molecule has 1 aliphatic rings. The zero-order valence-electron chi connectivity index (χ0n) is 11.7. The smallest absolute Gasteiger partial charge is 0.239 e. The Morgan fingerprint density at radius 3 is 2.74 bits per heavy atom. The van der Waals surface area contributed by atoms with E-state index in [4.69, 9.17) is 4.74 Å². The van der Waals surface area contributed by atoms with Gasteiger partial charge in [0, 0.05) is 26.7 Å². The summed E-state index contributed by atoms with van der Waals surface area (Å²) in [5.74, 6) is 0.197. The van der Waals surface area contributed by atoms with Crippen molar-refractivity contribution >= 4 is 5.91 Å². The van der Waals surface area contributed by atoms with Gasteiger partial charge in [-0.2, -0.15) is 0 Å². The highest BCUT2D eigenvalue weighted by molar-refractivity contribution is 5.83. The highest BCUT2D eigenvalue weighted by Gasteiger charge is 2.28. The Bertz CT molecular complexity index is 434. The number of carbonyl (C=O) groups is 1. The molecular weight excluding hydrogens is 240 g/mol. The molecule has 19 heavy (non-hydrogen) atoms. The van der Waals surface area contributed by atoms with Crippen LogP contribution in [-0.2, 0) is 22.7 Å². The van der Waals surface area contributed by atoms with E-state index in [0.29, 0.717) is 19.8 Å². The summed E-state index contributed by atoms with van der Waals surface area (Å²) >= 11 is 0. The first kappa shape index (κ1) is 14.0. The Balaban J connectivity index is 1.94. The minimum absolute atomic E-state index is 0.0369. The molecule has 1 aromatic rings. The number of rotatable bonds is 6. The summed E-state index contributed by atoms with van der Waals surface area (Å²) < 4.78 is 5.47. The summed E-state index contributed by atoms with van der Waals surface area (Å²) in [5, 5.41) is 3.35. The standard InChI is InChI=1S/C15H22N2O2/c1-3-19-11-13-7-5-4-6-12(13)10-16-14-8-9-17(2)15(14)18/h4-7,14,16H,3,8-11H2,1-2H3. The maximum absolute atomic E-state index is 11.8. The SMILES string of the molecule is CCOCc1ccccc1CNC1CCN(C)C1=O. The van der Waals surface area contributed by atoms with Crippen LogP contribution < -0.4 is 5.32 Å². The molecule has 1 heterocycles. The Morgan fingerprint density at radius 2 is 2.11 bits per heavy atom. The predicted octanol–water partition coefficient (Wildman–Crippen LogP) is 1.54. The molecule has 1 aromatic carbocycles. The number of ether oxygens (including phenoxy) is 1. The van der Waals surface area contributed by atoms with Crippen LogP contribution in [0.1, 0.15) is 24.5 Å². The fourth-order valence-corrected chi connectivity index (χ4v) is 2.33. The van der Waals surface area contributed by atoms with Crippen molar-refractivity contribution in [3.63, 3.8) is 0 Å². The lowest BCUT2D eigenvalue weighted by Gasteiger charge is -2.14. The topological polar surface area (TPSA) is 41.6 Å². The number of benzene rings is 1. The summed E-state index contributed by atoms with van der Waals surface area (Å²) in [5.41, 5.74) is 2.40. The van der Waals surface area contributed by atoms with Crippen LogP contribution >= 0.6 is 0 Å². The van der Waals surface area contributed by atoms with Gasteiger partial charge in [-0.25, -0.2) is 0 Å². The average Bonchev–Trinajstić information content (AvgIpc) is 2.75. The van der Waals surface area contributed by atoms with E-state index in [9.17, 15) is 4.79 Å². The predicted molar refractivity (Wildman–Crippen MR) is 74.7 cm³/mol. The second-order valence-electron chi connectivity index (χ2n) is 4.89. The number of nitrogens with one attached hydrogen (secondary N) is 1. The molecule has 4 heteroatoms. The highest BCUT2D eigenvalue weighted by atomic mass is 16.5. The van der Waals surface area contributed by atoms with Crippen molar-refractivity contribution < 1.29 is 9.53 Å². The molecule has 0 bridgehead atoms. The van der Waals surface area contributed by atoms with Crippen molar-refractivity contribution in [2.45, 2.75) is 32.5 Å². The van der Waals surface area contributed by atoms with Crippen LogP contribution in [0.15, 0.2) is 24.3 Å². The van der Waals surface area contributed by atoms with Gasteiger partial charge in [-0.15, -0.1) is 0 Å². The van der Waals surface area contributed by atoms with Crippen LogP contribution in [-0.4, -0.2) is 37.0 Å². The largest absolute Gasteiger partial charge is 0.377 e. The number of nitrogens with zero attached hydrogens (tertiary/aromatic N) is 1. The van der Waals surface area contributed by atoms with Crippen molar-refractivity contribution in [2.24, 2.45) is 0 Å². The van der Waals surface area contributed by atoms with Gasteiger partial charge >= 0.3 is 0 Å². The minimum Gasteiger partial charge on any atom is -0.377 e. The van der Waals surface area contributed by atoms with Crippen molar-refractivity contribution in [1.29, 1.82) is 0 Å². The minimum atomic E-state index is -0.0369. The monoisotopic (exact) mass is 262 g/mol. The zero-order valence-corrected chi connectivity index (χ0v) is 11.7. The third kappa shape index (κ3) is 3.55. The second-order valence-corrected chi connectivity index (χ2v) is 4.89. The number of hydrogen-bond donors (Lipinski definition) is 1. The molecule has 1 aliphatic heterocycles. The normalized spacial score (nSPS) is 19.2. The first-order valence-corrected chi connectivity index (χ1v) is 6.85. The maximum Gasteiger partial charge on any atom is 0.239 e. The molecular formula is C15H22N2O2. The van der Waals surface area contributed by atoms with Gasteiger partial charge in [0.05, 0.1) is 12.6 Å². The molecule has 0 aliphatic carbocycles. The first-order chi connectivity index (χ1) is 9.22. The van der Waals surface area contributed by atoms with Crippen LogP contribution in [0.2, 0.25) is 0 Å². The summed E-state index contributed by atoms with van der Waals surface area (Å²) in [6.45, 7) is 4.90. The maximum atomic E-state index is 11.8. The Labute approximate surface area is 114 Å². The van der Waals surface area contributed by atoms with E-state index in [0.717, 1.165) is 13.0 Å². The third-order valence-corrected chi connectivity index (χ3v) is 3.55. The third-order valence-electron chi connectivity index (χ3n) is 3.55. The van der Waals surface area contributed by atoms with E-state index in [1.165, 1.54) is 11.1 Å². The zero-order chi connectivity index (χ0) is 13.7. The molecule has 1 fully saturated rings. The fourth-order valence-electron chi connectivity index (χ4n) is 2.33. The molecule has 0 radical (unpaired) electrons. The fraction of sp³-hybridized carbons (Fsp3) is 0.533. The first-order valence-electron chi connectivity index (χ1n) is 6.85. The highest BCUT2D eigenvalue weighted by Crippen LogP contribution is 2.13. The lowest BCUT2D eigenvalue weighted by Crippen LogP contribution is -2.36. The number of amides is 1. The molecule has 1 unspecified atom stereocenters. The second kappa shape index (κ2) is 6.68. The van der Waals surface area contributed by atoms with Crippen LogP contribution in [0.4, 0.5) is 0 Å². The average molecular weight is 262 g/mol. The van der Waals surface area contributed by atoms with Gasteiger partial charge in [-0.3, -0.25) is 4.79 Å². The van der Waals surface area contributed by atoms with Gasteiger partial charge in [0.1, 0.15) is 0 Å². The Hall–Kier alpha value is -1.39. The summed E-state index contributed by atoms with van der Waals surface area (Å²) in [4.78, 5) is 13.6. The molecule has 0 saturated carbocycles. The molecule has 1 amide bonds. The number of carbonyl (C=O) groups excluding carboxylic acids is 1. The summed E-state index contributed by atoms with van der Waals surface area (Å²) in [6, 6.07) is 8.17. The molecule has 0 aromatic heterocycles. The number of likely N-dealkylation sites (tertiary alicyclic amines) is 1. The molecule has 1 N–H and O–H groups in total.